The van der Waals surface area contributed by atoms with Crippen LogP contribution in [-0.2, 0) is 13.1 Å². The molecule has 8 heteroatoms. The summed E-state index contributed by atoms with van der Waals surface area (Å²) in [5, 5.41) is 4.66. The van der Waals surface area contributed by atoms with Crippen molar-refractivity contribution < 1.29 is 4.79 Å². The first kappa shape index (κ1) is 22.2. The van der Waals surface area contributed by atoms with Gasteiger partial charge in [0.2, 0.25) is 5.69 Å². The molecule has 1 amide bonds. The standard InChI is InChI=1S/C25H21ClN4O3/c1-28(16-18-9-4-2-5-10-18)23(31)22-24(32)29(17-19-11-8-12-20(26)15-19)25(33)30(27-22)21-13-6-3-7-14-21/h2-15H,16-17H2,1H3. The van der Waals surface area contributed by atoms with E-state index in [0.29, 0.717) is 22.8 Å². The maximum Gasteiger partial charge on any atom is 0.352 e. The molecule has 0 spiro atoms. The number of benzene rings is 3. The minimum atomic E-state index is -0.753. The van der Waals surface area contributed by atoms with E-state index in [4.69, 9.17) is 11.6 Å². The molecule has 0 radical (unpaired) electrons. The van der Waals surface area contributed by atoms with Gasteiger partial charge in [-0.2, -0.15) is 9.78 Å². The fourth-order valence-corrected chi connectivity index (χ4v) is 3.67. The van der Waals surface area contributed by atoms with E-state index in [1.54, 1.807) is 61.6 Å². The predicted molar refractivity (Wildman–Crippen MR) is 127 cm³/mol. The fourth-order valence-electron chi connectivity index (χ4n) is 3.45. The van der Waals surface area contributed by atoms with Crippen LogP contribution in [0.4, 0.5) is 0 Å². The molecule has 3 aromatic carbocycles. The first-order valence-corrected chi connectivity index (χ1v) is 10.7. The Kier molecular flexibility index (Phi) is 6.51. The molecule has 4 aromatic rings. The lowest BCUT2D eigenvalue weighted by Gasteiger charge is -2.18. The first-order chi connectivity index (χ1) is 15.9. The molecule has 0 unspecified atom stereocenters. The van der Waals surface area contributed by atoms with Crippen LogP contribution in [0.5, 0.6) is 0 Å². The summed E-state index contributed by atoms with van der Waals surface area (Å²) in [4.78, 5) is 41.1. The first-order valence-electron chi connectivity index (χ1n) is 10.3. The van der Waals surface area contributed by atoms with E-state index in [1.165, 1.54) is 4.90 Å². The van der Waals surface area contributed by atoms with Crippen molar-refractivity contribution in [3.8, 4) is 5.69 Å². The quantitative estimate of drug-likeness (QED) is 0.442. The van der Waals surface area contributed by atoms with Gasteiger partial charge in [0.25, 0.3) is 11.5 Å². The average molecular weight is 461 g/mol. The van der Waals surface area contributed by atoms with E-state index < -0.39 is 17.2 Å². The summed E-state index contributed by atoms with van der Waals surface area (Å²) in [6.45, 7) is 0.246. The highest BCUT2D eigenvalue weighted by Gasteiger charge is 2.23. The van der Waals surface area contributed by atoms with E-state index in [9.17, 15) is 14.4 Å². The molecule has 0 atom stereocenters. The van der Waals surface area contributed by atoms with E-state index in [2.05, 4.69) is 5.10 Å². The maximum atomic E-state index is 13.3. The average Bonchev–Trinajstić information content (AvgIpc) is 2.83. The van der Waals surface area contributed by atoms with Gasteiger partial charge in [0.1, 0.15) is 0 Å². The summed E-state index contributed by atoms with van der Waals surface area (Å²) in [5.74, 6) is -0.576. The molecular weight excluding hydrogens is 440 g/mol. The molecular formula is C25H21ClN4O3. The molecule has 1 aromatic heterocycles. The van der Waals surface area contributed by atoms with Gasteiger partial charge < -0.3 is 4.90 Å². The molecule has 7 nitrogen and oxygen atoms in total. The Hall–Kier alpha value is -3.97. The molecule has 1 heterocycles. The normalized spacial score (nSPS) is 10.7. The molecule has 4 rings (SSSR count). The van der Waals surface area contributed by atoms with Gasteiger partial charge >= 0.3 is 5.69 Å². The van der Waals surface area contributed by atoms with Crippen LogP contribution in [0.1, 0.15) is 21.6 Å². The molecule has 0 aliphatic heterocycles. The Balaban J connectivity index is 1.81. The Morgan fingerprint density at radius 2 is 1.55 bits per heavy atom. The maximum absolute atomic E-state index is 13.3. The van der Waals surface area contributed by atoms with E-state index >= 15 is 0 Å². The minimum Gasteiger partial charge on any atom is -0.336 e. The van der Waals surface area contributed by atoms with Crippen molar-refractivity contribution in [3.05, 3.63) is 128 Å². The lowest BCUT2D eigenvalue weighted by molar-refractivity contribution is 0.0773. The molecule has 0 N–H and O–H groups in total. The third-order valence-corrected chi connectivity index (χ3v) is 5.34. The second-order valence-electron chi connectivity index (χ2n) is 7.55. The number of nitrogens with zero attached hydrogens (tertiary/aromatic N) is 4. The monoisotopic (exact) mass is 460 g/mol. The molecule has 33 heavy (non-hydrogen) atoms. The molecule has 0 bridgehead atoms. The van der Waals surface area contributed by atoms with Crippen LogP contribution in [-0.4, -0.2) is 32.2 Å². The van der Waals surface area contributed by atoms with Crippen LogP contribution in [0.2, 0.25) is 5.02 Å². The summed E-state index contributed by atoms with van der Waals surface area (Å²) < 4.78 is 2.09. The summed E-state index contributed by atoms with van der Waals surface area (Å²) in [6.07, 6.45) is 0. The van der Waals surface area contributed by atoms with Crippen LogP contribution < -0.4 is 11.2 Å². The summed E-state index contributed by atoms with van der Waals surface area (Å²) >= 11 is 6.07. The largest absolute Gasteiger partial charge is 0.352 e. The highest BCUT2D eigenvalue weighted by molar-refractivity contribution is 6.30. The van der Waals surface area contributed by atoms with Gasteiger partial charge in [0, 0.05) is 18.6 Å². The Bertz CT molecular complexity index is 1400. The lowest BCUT2D eigenvalue weighted by Crippen LogP contribution is -2.46. The number of aromatic nitrogens is 3. The van der Waals surface area contributed by atoms with Crippen molar-refractivity contribution in [3.63, 3.8) is 0 Å². The second-order valence-corrected chi connectivity index (χ2v) is 7.98. The van der Waals surface area contributed by atoms with Gasteiger partial charge in [0.05, 0.1) is 12.2 Å². The Morgan fingerprint density at radius 3 is 2.21 bits per heavy atom. The number of halogens is 1. The van der Waals surface area contributed by atoms with Crippen molar-refractivity contribution in [1.29, 1.82) is 0 Å². The fraction of sp³-hybridized carbons (Fsp3) is 0.120. The minimum absolute atomic E-state index is 0.0454. The lowest BCUT2D eigenvalue weighted by atomic mass is 10.2. The molecule has 0 aliphatic rings. The van der Waals surface area contributed by atoms with Crippen LogP contribution in [0.25, 0.3) is 5.69 Å². The predicted octanol–water partition coefficient (Wildman–Crippen LogP) is 3.37. The number of amides is 1. The SMILES string of the molecule is CN(Cc1ccccc1)C(=O)c1nn(-c2ccccc2)c(=O)n(Cc2cccc(Cl)c2)c1=O. The van der Waals surface area contributed by atoms with Crippen molar-refractivity contribution in [2.24, 2.45) is 0 Å². The summed E-state index contributed by atoms with van der Waals surface area (Å²) in [5.41, 5.74) is 0.277. The zero-order valence-electron chi connectivity index (χ0n) is 17.9. The number of rotatable bonds is 6. The second kappa shape index (κ2) is 9.67. The number of para-hydroxylation sites is 1. The van der Waals surface area contributed by atoms with E-state index in [0.717, 1.165) is 14.8 Å². The zero-order chi connectivity index (χ0) is 23.4. The Morgan fingerprint density at radius 1 is 0.909 bits per heavy atom. The van der Waals surface area contributed by atoms with E-state index in [-0.39, 0.29) is 12.2 Å². The van der Waals surface area contributed by atoms with Crippen molar-refractivity contribution >= 4 is 17.5 Å². The van der Waals surface area contributed by atoms with Gasteiger partial charge in [-0.15, -0.1) is 0 Å². The van der Waals surface area contributed by atoms with Gasteiger partial charge in [0.15, 0.2) is 0 Å². The van der Waals surface area contributed by atoms with Crippen LogP contribution in [0.3, 0.4) is 0 Å². The highest BCUT2D eigenvalue weighted by atomic mass is 35.5. The number of carbonyl (C=O) groups is 1. The van der Waals surface area contributed by atoms with E-state index in [1.807, 2.05) is 30.3 Å². The number of carbonyl (C=O) groups excluding carboxylic acids is 1. The Labute approximate surface area is 195 Å². The van der Waals surface area contributed by atoms with Crippen molar-refractivity contribution in [2.75, 3.05) is 7.05 Å². The van der Waals surface area contributed by atoms with Crippen molar-refractivity contribution in [2.45, 2.75) is 13.1 Å². The number of hydrogen-bond acceptors (Lipinski definition) is 4. The van der Waals surface area contributed by atoms with Gasteiger partial charge in [-0.1, -0.05) is 72.3 Å². The topological polar surface area (TPSA) is 77.2 Å². The van der Waals surface area contributed by atoms with Crippen LogP contribution in [0.15, 0.2) is 94.5 Å². The molecule has 0 fully saturated rings. The third-order valence-electron chi connectivity index (χ3n) is 5.10. The summed E-state index contributed by atoms with van der Waals surface area (Å²) in [6, 6.07) is 24.9. The summed E-state index contributed by atoms with van der Waals surface area (Å²) in [7, 11) is 1.59. The van der Waals surface area contributed by atoms with Gasteiger partial charge in [-0.3, -0.25) is 14.2 Å². The van der Waals surface area contributed by atoms with Crippen LogP contribution in [0, 0.1) is 0 Å². The van der Waals surface area contributed by atoms with Gasteiger partial charge in [-0.25, -0.2) is 4.79 Å². The molecule has 0 saturated carbocycles. The zero-order valence-corrected chi connectivity index (χ0v) is 18.6. The molecule has 166 valence electrons. The van der Waals surface area contributed by atoms with Crippen molar-refractivity contribution in [1.82, 2.24) is 19.2 Å². The highest BCUT2D eigenvalue weighted by Crippen LogP contribution is 2.11. The number of hydrogen-bond donors (Lipinski definition) is 0. The molecule has 0 saturated heterocycles. The van der Waals surface area contributed by atoms with Crippen LogP contribution >= 0.6 is 11.6 Å². The molecule has 0 aliphatic carbocycles. The van der Waals surface area contributed by atoms with Gasteiger partial charge in [-0.05, 0) is 35.4 Å². The smallest absolute Gasteiger partial charge is 0.336 e. The third kappa shape index (κ3) is 4.94.